The van der Waals surface area contributed by atoms with Crippen LogP contribution >= 0.6 is 22.9 Å². The van der Waals surface area contributed by atoms with E-state index in [1.165, 1.54) is 22.8 Å². The molecule has 6 heteroatoms. The molecule has 0 radical (unpaired) electrons. The maximum atomic E-state index is 5.82. The molecular weight excluding hydrogens is 314 g/mol. The van der Waals surface area contributed by atoms with Crippen molar-refractivity contribution in [2.75, 3.05) is 18.1 Å². The van der Waals surface area contributed by atoms with Crippen molar-refractivity contribution in [3.05, 3.63) is 28.2 Å². The van der Waals surface area contributed by atoms with Crippen LogP contribution in [0.5, 0.6) is 0 Å². The highest BCUT2D eigenvalue weighted by Crippen LogP contribution is 2.28. The highest BCUT2D eigenvalue weighted by molar-refractivity contribution is 7.10. The van der Waals surface area contributed by atoms with Crippen molar-refractivity contribution in [1.82, 2.24) is 9.36 Å². The Morgan fingerprint density at radius 2 is 2.27 bits per heavy atom. The zero-order chi connectivity index (χ0) is 15.6. The third kappa shape index (κ3) is 3.86. The molecule has 0 aliphatic carbocycles. The molecule has 0 spiro atoms. The second-order valence-electron chi connectivity index (χ2n) is 6.75. The number of hydrogen-bond donors (Lipinski definition) is 0. The first-order valence-corrected chi connectivity index (χ1v) is 9.41. The van der Waals surface area contributed by atoms with Gasteiger partial charge in [-0.05, 0) is 24.3 Å². The molecule has 1 atom stereocenters. The second kappa shape index (κ2) is 6.64. The fourth-order valence-electron chi connectivity index (χ4n) is 2.48. The summed E-state index contributed by atoms with van der Waals surface area (Å²) in [5, 5.41) is 3.13. The van der Waals surface area contributed by atoms with E-state index in [9.17, 15) is 0 Å². The van der Waals surface area contributed by atoms with E-state index in [-0.39, 0.29) is 5.41 Å². The van der Waals surface area contributed by atoms with E-state index in [4.69, 9.17) is 9.72 Å². The minimum absolute atomic E-state index is 0.00674. The summed E-state index contributed by atoms with van der Waals surface area (Å²) in [7, 11) is 0. The summed E-state index contributed by atoms with van der Waals surface area (Å²) in [6.45, 7) is 9.14. The van der Waals surface area contributed by atoms with Crippen LogP contribution in [0.4, 0.5) is 5.13 Å². The lowest BCUT2D eigenvalue weighted by atomic mass is 9.96. The molecule has 1 saturated heterocycles. The van der Waals surface area contributed by atoms with E-state index in [2.05, 4.69) is 47.6 Å². The van der Waals surface area contributed by atoms with Crippen LogP contribution in [0.3, 0.4) is 0 Å². The fraction of sp³-hybridized carbons (Fsp3) is 0.625. The molecule has 0 amide bonds. The number of ether oxygens (including phenoxy) is 1. The first-order valence-electron chi connectivity index (χ1n) is 7.75. The SMILES string of the molecule is CC(C)(C)c1nsc(N(Cc2cccs2)CC2CCCO2)n1. The molecule has 1 aliphatic rings. The zero-order valence-corrected chi connectivity index (χ0v) is 15.0. The lowest BCUT2D eigenvalue weighted by Gasteiger charge is -2.24. The number of nitrogens with zero attached hydrogens (tertiary/aromatic N) is 3. The topological polar surface area (TPSA) is 38.2 Å². The molecule has 0 aromatic carbocycles. The molecular formula is C16H23N3OS2. The minimum Gasteiger partial charge on any atom is -0.376 e. The van der Waals surface area contributed by atoms with Crippen molar-refractivity contribution in [1.29, 1.82) is 0 Å². The number of hydrogen-bond acceptors (Lipinski definition) is 6. The van der Waals surface area contributed by atoms with Crippen LogP contribution in [0, 0.1) is 0 Å². The average molecular weight is 338 g/mol. The van der Waals surface area contributed by atoms with Gasteiger partial charge in [-0.2, -0.15) is 4.37 Å². The molecule has 1 unspecified atom stereocenters. The summed E-state index contributed by atoms with van der Waals surface area (Å²) >= 11 is 3.29. The minimum atomic E-state index is -0.00674. The third-order valence-electron chi connectivity index (χ3n) is 3.73. The standard InChI is InChI=1S/C16H23N3OS2/c1-16(2,3)14-17-15(22-18-14)19(10-12-6-4-8-20-12)11-13-7-5-9-21-13/h5,7,9,12H,4,6,8,10-11H2,1-3H3. The molecule has 3 rings (SSSR count). The van der Waals surface area contributed by atoms with Gasteiger partial charge in [0.25, 0.3) is 0 Å². The monoisotopic (exact) mass is 337 g/mol. The lowest BCUT2D eigenvalue weighted by molar-refractivity contribution is 0.115. The predicted octanol–water partition coefficient (Wildman–Crippen LogP) is 4.08. The predicted molar refractivity (Wildman–Crippen MR) is 93.0 cm³/mol. The Morgan fingerprint density at radius 3 is 2.86 bits per heavy atom. The normalized spacial score (nSPS) is 18.8. The number of anilines is 1. The molecule has 0 saturated carbocycles. The molecule has 1 aliphatic heterocycles. The quantitative estimate of drug-likeness (QED) is 0.824. The first-order chi connectivity index (χ1) is 10.5. The molecule has 2 aromatic heterocycles. The van der Waals surface area contributed by atoms with Gasteiger partial charge in [-0.25, -0.2) is 4.98 Å². The van der Waals surface area contributed by atoms with E-state index in [1.807, 2.05) is 0 Å². The highest BCUT2D eigenvalue weighted by Gasteiger charge is 2.25. The molecule has 0 bridgehead atoms. The first kappa shape index (κ1) is 15.9. The van der Waals surface area contributed by atoms with Crippen LogP contribution in [-0.4, -0.2) is 28.6 Å². The van der Waals surface area contributed by atoms with Gasteiger partial charge in [0.15, 0.2) is 0 Å². The van der Waals surface area contributed by atoms with Crippen molar-refractivity contribution in [2.24, 2.45) is 0 Å². The van der Waals surface area contributed by atoms with Crippen LogP contribution in [0.1, 0.15) is 44.3 Å². The van der Waals surface area contributed by atoms with E-state index < -0.39 is 0 Å². The molecule has 120 valence electrons. The van der Waals surface area contributed by atoms with Crippen molar-refractivity contribution >= 4 is 28.0 Å². The van der Waals surface area contributed by atoms with Gasteiger partial charge in [0.2, 0.25) is 5.13 Å². The smallest absolute Gasteiger partial charge is 0.205 e. The summed E-state index contributed by atoms with van der Waals surface area (Å²) in [6, 6.07) is 4.28. The highest BCUT2D eigenvalue weighted by atomic mass is 32.1. The number of thiophene rings is 1. The van der Waals surface area contributed by atoms with E-state index in [0.29, 0.717) is 6.10 Å². The van der Waals surface area contributed by atoms with Gasteiger partial charge in [-0.15, -0.1) is 11.3 Å². The van der Waals surface area contributed by atoms with Crippen LogP contribution in [-0.2, 0) is 16.7 Å². The van der Waals surface area contributed by atoms with Crippen molar-refractivity contribution < 1.29 is 4.74 Å². The van der Waals surface area contributed by atoms with E-state index in [0.717, 1.165) is 37.1 Å². The van der Waals surface area contributed by atoms with Gasteiger partial charge < -0.3 is 9.64 Å². The molecule has 4 nitrogen and oxygen atoms in total. The van der Waals surface area contributed by atoms with Crippen LogP contribution < -0.4 is 4.90 Å². The number of rotatable bonds is 5. The molecule has 2 aromatic rings. The van der Waals surface area contributed by atoms with E-state index >= 15 is 0 Å². The van der Waals surface area contributed by atoms with Gasteiger partial charge in [0, 0.05) is 35.0 Å². The lowest BCUT2D eigenvalue weighted by Crippen LogP contribution is -2.31. The average Bonchev–Trinajstić information content (AvgIpc) is 3.20. The van der Waals surface area contributed by atoms with Crippen molar-refractivity contribution in [2.45, 2.75) is 51.7 Å². The third-order valence-corrected chi connectivity index (χ3v) is 5.37. The summed E-state index contributed by atoms with van der Waals surface area (Å²) in [5.41, 5.74) is -0.00674. The number of aromatic nitrogens is 2. The van der Waals surface area contributed by atoms with E-state index in [1.54, 1.807) is 11.3 Å². The van der Waals surface area contributed by atoms with Gasteiger partial charge in [-0.1, -0.05) is 26.8 Å². The summed E-state index contributed by atoms with van der Waals surface area (Å²) in [4.78, 5) is 8.47. The Kier molecular flexibility index (Phi) is 4.80. The Labute approximate surface area is 140 Å². The molecule has 1 fully saturated rings. The molecule has 3 heterocycles. The van der Waals surface area contributed by atoms with Gasteiger partial charge >= 0.3 is 0 Å². The van der Waals surface area contributed by atoms with Crippen molar-refractivity contribution in [3.63, 3.8) is 0 Å². The second-order valence-corrected chi connectivity index (χ2v) is 8.51. The van der Waals surface area contributed by atoms with Crippen LogP contribution in [0.15, 0.2) is 17.5 Å². The van der Waals surface area contributed by atoms with Gasteiger partial charge in [-0.3, -0.25) is 0 Å². The summed E-state index contributed by atoms with van der Waals surface area (Å²) in [6.07, 6.45) is 2.63. The molecule has 22 heavy (non-hydrogen) atoms. The molecule has 0 N–H and O–H groups in total. The van der Waals surface area contributed by atoms with Crippen LogP contribution in [0.2, 0.25) is 0 Å². The zero-order valence-electron chi connectivity index (χ0n) is 13.4. The van der Waals surface area contributed by atoms with Gasteiger partial charge in [0.1, 0.15) is 5.82 Å². The van der Waals surface area contributed by atoms with Crippen molar-refractivity contribution in [3.8, 4) is 0 Å². The van der Waals surface area contributed by atoms with Gasteiger partial charge in [0.05, 0.1) is 12.6 Å². The Hall–Kier alpha value is -0.980. The Bertz CT molecular complexity index is 583. The fourth-order valence-corrected chi connectivity index (χ4v) is 4.07. The summed E-state index contributed by atoms with van der Waals surface area (Å²) < 4.78 is 10.4. The Balaban J connectivity index is 1.78. The Morgan fingerprint density at radius 1 is 1.41 bits per heavy atom. The maximum absolute atomic E-state index is 5.82. The summed E-state index contributed by atoms with van der Waals surface area (Å²) in [5.74, 6) is 0.927. The van der Waals surface area contributed by atoms with Crippen LogP contribution in [0.25, 0.3) is 0 Å². The largest absolute Gasteiger partial charge is 0.376 e. The maximum Gasteiger partial charge on any atom is 0.205 e.